The summed E-state index contributed by atoms with van der Waals surface area (Å²) in [6, 6.07) is 7.08. The molecule has 3 aromatic rings. The summed E-state index contributed by atoms with van der Waals surface area (Å²) >= 11 is 0. The highest BCUT2D eigenvalue weighted by Gasteiger charge is 2.11. The first-order chi connectivity index (χ1) is 10.2. The highest BCUT2D eigenvalue weighted by Crippen LogP contribution is 2.19. The third kappa shape index (κ3) is 2.44. The fourth-order valence-electron chi connectivity index (χ4n) is 1.83. The molecule has 0 saturated carbocycles. The van der Waals surface area contributed by atoms with E-state index in [1.54, 1.807) is 24.4 Å². The highest BCUT2D eigenvalue weighted by molar-refractivity contribution is 5.48. The van der Waals surface area contributed by atoms with Gasteiger partial charge in [-0.1, -0.05) is 0 Å². The number of aryl methyl sites for hydroxylation is 1. The van der Waals surface area contributed by atoms with E-state index in [9.17, 15) is 0 Å². The number of nitriles is 1. The number of hydrogen-bond acceptors (Lipinski definition) is 6. The number of ether oxygens (including phenoxy) is 1. The van der Waals surface area contributed by atoms with E-state index in [1.165, 1.54) is 11.9 Å². The molecule has 0 saturated heterocycles. The van der Waals surface area contributed by atoms with Crippen LogP contribution in [0.25, 0.3) is 17.3 Å². The second kappa shape index (κ2) is 5.05. The number of nitrogens with zero attached hydrogens (tertiary/aromatic N) is 6. The highest BCUT2D eigenvalue weighted by atomic mass is 16.5. The Balaban J connectivity index is 2.02. The van der Waals surface area contributed by atoms with Crippen molar-refractivity contribution in [2.75, 3.05) is 7.11 Å². The lowest BCUT2D eigenvalue weighted by atomic mass is 10.2. The Kier molecular flexibility index (Phi) is 3.08. The summed E-state index contributed by atoms with van der Waals surface area (Å²) in [5, 5.41) is 21.2. The fourth-order valence-corrected chi connectivity index (χ4v) is 1.83. The zero-order valence-electron chi connectivity index (χ0n) is 11.4. The zero-order chi connectivity index (χ0) is 14.8. The van der Waals surface area contributed by atoms with Gasteiger partial charge in [0.25, 0.3) is 0 Å². The predicted octanol–water partition coefficient (Wildman–Crippen LogP) is 1.24. The van der Waals surface area contributed by atoms with Crippen LogP contribution in [0.5, 0.6) is 5.75 Å². The SMILES string of the molecule is COc1cc(C#N)cc(-n2nnc(-c3nc(C)c[nH]3)n2)c1. The normalized spacial score (nSPS) is 10.3. The number of aromatic nitrogens is 6. The van der Waals surface area contributed by atoms with Crippen molar-refractivity contribution in [2.45, 2.75) is 6.92 Å². The molecule has 0 aliphatic rings. The molecule has 104 valence electrons. The van der Waals surface area contributed by atoms with E-state index in [-0.39, 0.29) is 0 Å². The summed E-state index contributed by atoms with van der Waals surface area (Å²) in [7, 11) is 1.53. The number of rotatable bonds is 3. The molecule has 0 spiro atoms. The number of aromatic amines is 1. The molecule has 0 bridgehead atoms. The molecule has 8 nitrogen and oxygen atoms in total. The number of hydrogen-bond donors (Lipinski definition) is 1. The van der Waals surface area contributed by atoms with Crippen LogP contribution in [0, 0.1) is 18.3 Å². The van der Waals surface area contributed by atoms with E-state index < -0.39 is 0 Å². The van der Waals surface area contributed by atoms with Gasteiger partial charge in [-0.05, 0) is 24.3 Å². The maximum atomic E-state index is 9.03. The quantitative estimate of drug-likeness (QED) is 0.774. The number of H-pyrrole nitrogens is 1. The first-order valence-corrected chi connectivity index (χ1v) is 6.11. The van der Waals surface area contributed by atoms with Crippen LogP contribution in [0.4, 0.5) is 0 Å². The van der Waals surface area contributed by atoms with Crippen LogP contribution in [0.15, 0.2) is 24.4 Å². The van der Waals surface area contributed by atoms with E-state index in [0.717, 1.165) is 5.69 Å². The fraction of sp³-hybridized carbons (Fsp3) is 0.154. The van der Waals surface area contributed by atoms with Crippen LogP contribution in [0.2, 0.25) is 0 Å². The molecule has 0 aliphatic heterocycles. The first kappa shape index (κ1) is 12.8. The molecule has 0 unspecified atom stereocenters. The van der Waals surface area contributed by atoms with E-state index in [0.29, 0.717) is 28.6 Å². The van der Waals surface area contributed by atoms with E-state index in [2.05, 4.69) is 31.4 Å². The van der Waals surface area contributed by atoms with Gasteiger partial charge in [0.2, 0.25) is 5.82 Å². The Bertz CT molecular complexity index is 827. The van der Waals surface area contributed by atoms with Gasteiger partial charge >= 0.3 is 0 Å². The third-order valence-corrected chi connectivity index (χ3v) is 2.82. The third-order valence-electron chi connectivity index (χ3n) is 2.82. The molecule has 2 heterocycles. The van der Waals surface area contributed by atoms with E-state index in [1.807, 2.05) is 6.92 Å². The van der Waals surface area contributed by atoms with Gasteiger partial charge < -0.3 is 9.72 Å². The number of benzene rings is 1. The summed E-state index contributed by atoms with van der Waals surface area (Å²) in [4.78, 5) is 8.54. The topological polar surface area (TPSA) is 105 Å². The van der Waals surface area contributed by atoms with E-state index >= 15 is 0 Å². The van der Waals surface area contributed by atoms with Crippen molar-refractivity contribution < 1.29 is 4.74 Å². The van der Waals surface area contributed by atoms with Crippen molar-refractivity contribution in [3.63, 3.8) is 0 Å². The number of methoxy groups -OCH3 is 1. The number of imidazole rings is 1. The average Bonchev–Trinajstić information content (AvgIpc) is 3.15. The summed E-state index contributed by atoms with van der Waals surface area (Å²) in [6.07, 6.45) is 1.76. The van der Waals surface area contributed by atoms with Crippen LogP contribution in [0.1, 0.15) is 11.3 Å². The maximum absolute atomic E-state index is 9.03. The number of tetrazole rings is 1. The van der Waals surface area contributed by atoms with Gasteiger partial charge in [0, 0.05) is 12.3 Å². The molecule has 8 heteroatoms. The molecule has 0 fully saturated rings. The van der Waals surface area contributed by atoms with Crippen LogP contribution in [0.3, 0.4) is 0 Å². The largest absolute Gasteiger partial charge is 0.497 e. The second-order valence-corrected chi connectivity index (χ2v) is 4.32. The molecule has 3 rings (SSSR count). The van der Waals surface area contributed by atoms with Crippen molar-refractivity contribution in [1.29, 1.82) is 5.26 Å². The van der Waals surface area contributed by atoms with Gasteiger partial charge in [-0.15, -0.1) is 15.0 Å². The maximum Gasteiger partial charge on any atom is 0.240 e. The zero-order valence-corrected chi connectivity index (χ0v) is 11.4. The monoisotopic (exact) mass is 281 g/mol. The lowest BCUT2D eigenvalue weighted by Crippen LogP contribution is -2.00. The van der Waals surface area contributed by atoms with Gasteiger partial charge in [-0.2, -0.15) is 5.26 Å². The standard InChI is InChI=1S/C13H11N7O/c1-8-7-15-12(16-8)13-17-19-20(18-13)10-3-9(6-14)4-11(5-10)21-2/h3-5,7H,1-2H3,(H,15,16). The van der Waals surface area contributed by atoms with Crippen molar-refractivity contribution >= 4 is 0 Å². The molecule has 1 aromatic carbocycles. The van der Waals surface area contributed by atoms with Crippen LogP contribution in [-0.2, 0) is 0 Å². The van der Waals surface area contributed by atoms with Crippen LogP contribution < -0.4 is 4.74 Å². The average molecular weight is 281 g/mol. The Morgan fingerprint density at radius 3 is 2.86 bits per heavy atom. The molecular formula is C13H11N7O. The molecule has 21 heavy (non-hydrogen) atoms. The van der Waals surface area contributed by atoms with Crippen molar-refractivity contribution in [1.82, 2.24) is 30.2 Å². The first-order valence-electron chi connectivity index (χ1n) is 6.11. The molecule has 0 aliphatic carbocycles. The molecule has 0 atom stereocenters. The van der Waals surface area contributed by atoms with Gasteiger partial charge in [-0.3, -0.25) is 0 Å². The van der Waals surface area contributed by atoms with Crippen LogP contribution in [-0.4, -0.2) is 37.3 Å². The van der Waals surface area contributed by atoms with E-state index in [4.69, 9.17) is 10.00 Å². The van der Waals surface area contributed by atoms with Gasteiger partial charge in [0.05, 0.1) is 30.1 Å². The van der Waals surface area contributed by atoms with Gasteiger partial charge in [-0.25, -0.2) is 4.98 Å². The smallest absolute Gasteiger partial charge is 0.240 e. The number of nitrogens with one attached hydrogen (secondary N) is 1. The molecule has 0 amide bonds. The lowest BCUT2D eigenvalue weighted by molar-refractivity contribution is 0.414. The minimum atomic E-state index is 0.379. The summed E-state index contributed by atoms with van der Waals surface area (Å²) < 4.78 is 5.15. The Morgan fingerprint density at radius 2 is 2.19 bits per heavy atom. The predicted molar refractivity (Wildman–Crippen MR) is 72.7 cm³/mol. The van der Waals surface area contributed by atoms with Crippen molar-refractivity contribution in [3.8, 4) is 29.2 Å². The summed E-state index contributed by atoms with van der Waals surface area (Å²) in [5.74, 6) is 1.48. The molecule has 2 aromatic heterocycles. The minimum absolute atomic E-state index is 0.379. The van der Waals surface area contributed by atoms with Gasteiger partial charge in [0.15, 0.2) is 5.82 Å². The summed E-state index contributed by atoms with van der Waals surface area (Å²) in [5.41, 5.74) is 1.89. The Hall–Kier alpha value is -3.21. The molecule has 1 N–H and O–H groups in total. The lowest BCUT2D eigenvalue weighted by Gasteiger charge is -2.03. The Morgan fingerprint density at radius 1 is 1.33 bits per heavy atom. The second-order valence-electron chi connectivity index (χ2n) is 4.32. The van der Waals surface area contributed by atoms with Gasteiger partial charge in [0.1, 0.15) is 5.75 Å². The van der Waals surface area contributed by atoms with Crippen molar-refractivity contribution in [3.05, 3.63) is 35.7 Å². The Labute approximate surface area is 120 Å². The van der Waals surface area contributed by atoms with Crippen molar-refractivity contribution in [2.24, 2.45) is 0 Å². The molecular weight excluding hydrogens is 270 g/mol. The minimum Gasteiger partial charge on any atom is -0.497 e. The molecule has 0 radical (unpaired) electrons. The summed E-state index contributed by atoms with van der Waals surface area (Å²) in [6.45, 7) is 1.87. The van der Waals surface area contributed by atoms with Crippen LogP contribution >= 0.6 is 0 Å².